The van der Waals surface area contributed by atoms with Gasteiger partial charge in [-0.25, -0.2) is 4.79 Å². The van der Waals surface area contributed by atoms with E-state index in [4.69, 9.17) is 9.64 Å². The summed E-state index contributed by atoms with van der Waals surface area (Å²) in [5.74, 6) is 0.488. The summed E-state index contributed by atoms with van der Waals surface area (Å²) >= 11 is 0. The molecule has 0 aromatic heterocycles. The number of rotatable bonds is 3. The van der Waals surface area contributed by atoms with E-state index in [2.05, 4.69) is 31.2 Å². The lowest BCUT2D eigenvalue weighted by Gasteiger charge is -2.14. The van der Waals surface area contributed by atoms with Crippen LogP contribution in [0.5, 0.6) is 0 Å². The van der Waals surface area contributed by atoms with E-state index in [1.807, 2.05) is 6.08 Å². The topological polar surface area (TPSA) is 55.7 Å². The lowest BCUT2D eigenvalue weighted by atomic mass is 9.95. The predicted octanol–water partition coefficient (Wildman–Crippen LogP) is 5.18. The number of hydrogen-bond donors (Lipinski definition) is 0. The van der Waals surface area contributed by atoms with Crippen molar-refractivity contribution >= 4 is 5.97 Å². The molecule has 4 heteroatoms. The van der Waals surface area contributed by atoms with Crippen molar-refractivity contribution in [1.29, 1.82) is 0 Å². The van der Waals surface area contributed by atoms with Gasteiger partial charge >= 0.3 is 5.97 Å². The van der Waals surface area contributed by atoms with E-state index in [1.54, 1.807) is 6.08 Å². The minimum atomic E-state index is -0.172. The van der Waals surface area contributed by atoms with Crippen LogP contribution in [0.3, 0.4) is 0 Å². The van der Waals surface area contributed by atoms with Gasteiger partial charge in [0.1, 0.15) is 6.10 Å². The van der Waals surface area contributed by atoms with E-state index >= 15 is 0 Å². The minimum absolute atomic E-state index is 0.0812. The van der Waals surface area contributed by atoms with Crippen molar-refractivity contribution in [3.63, 3.8) is 0 Å². The highest BCUT2D eigenvalue weighted by molar-refractivity contribution is 5.82. The van der Waals surface area contributed by atoms with Crippen LogP contribution in [0.4, 0.5) is 0 Å². The summed E-state index contributed by atoms with van der Waals surface area (Å²) in [6, 6.07) is 0. The lowest BCUT2D eigenvalue weighted by molar-refractivity contribution is -0.143. The van der Waals surface area contributed by atoms with Crippen molar-refractivity contribution in [3.8, 4) is 0 Å². The molecule has 22 heavy (non-hydrogen) atoms. The van der Waals surface area contributed by atoms with Crippen molar-refractivity contribution in [2.24, 2.45) is 11.1 Å². The number of nitrogens with zero attached hydrogens (tertiary/aromatic N) is 1. The number of nitroso groups, excluding NO2 is 1. The molecule has 1 heterocycles. The molecule has 0 aliphatic carbocycles. The number of carbonyl (C=O) groups is 1. The molecule has 0 saturated heterocycles. The molecule has 1 aliphatic rings. The van der Waals surface area contributed by atoms with Gasteiger partial charge in [0, 0.05) is 6.08 Å². The summed E-state index contributed by atoms with van der Waals surface area (Å²) in [7, 11) is 1.19. The molecule has 0 aromatic carbocycles. The van der Waals surface area contributed by atoms with Gasteiger partial charge in [-0.15, -0.1) is 0 Å². The van der Waals surface area contributed by atoms with Crippen LogP contribution in [0.2, 0.25) is 0 Å². The van der Waals surface area contributed by atoms with Gasteiger partial charge in [-0.3, -0.25) is 0 Å². The Morgan fingerprint density at radius 2 is 1.91 bits per heavy atom. The summed E-state index contributed by atoms with van der Waals surface area (Å²) < 4.78 is 5.46. The largest absolute Gasteiger partial charge is 0.459 e. The van der Waals surface area contributed by atoms with Crippen molar-refractivity contribution in [2.75, 3.05) is 7.05 Å². The number of esters is 1. The predicted molar refractivity (Wildman–Crippen MR) is 91.7 cm³/mol. The molecule has 126 valence electrons. The maximum atomic E-state index is 11.7. The fourth-order valence-corrected chi connectivity index (χ4v) is 2.52. The van der Waals surface area contributed by atoms with Crippen molar-refractivity contribution in [2.45, 2.75) is 71.3 Å². The van der Waals surface area contributed by atoms with Gasteiger partial charge in [0.2, 0.25) is 0 Å². The summed E-state index contributed by atoms with van der Waals surface area (Å²) in [4.78, 5) is 20.2. The zero-order chi connectivity index (χ0) is 16.6. The second kappa shape index (κ2) is 14.5. The smallest absolute Gasteiger partial charge is 0.330 e. The third-order valence-corrected chi connectivity index (χ3v) is 3.69. The van der Waals surface area contributed by atoms with Gasteiger partial charge in [-0.1, -0.05) is 50.1 Å². The van der Waals surface area contributed by atoms with Gasteiger partial charge in [0.25, 0.3) is 0 Å². The van der Waals surface area contributed by atoms with Crippen molar-refractivity contribution in [3.05, 3.63) is 29.2 Å². The SMILES string of the molecule is CCCC1C/C=C/CCCC(CC)OC(=O)/C=C/C1.CN=O. The van der Waals surface area contributed by atoms with Gasteiger partial charge < -0.3 is 4.74 Å². The highest BCUT2D eigenvalue weighted by Gasteiger charge is 2.11. The van der Waals surface area contributed by atoms with Gasteiger partial charge in [0.05, 0.1) is 7.05 Å². The van der Waals surface area contributed by atoms with Crippen LogP contribution in [0.15, 0.2) is 29.5 Å². The zero-order valence-corrected chi connectivity index (χ0v) is 14.3. The van der Waals surface area contributed by atoms with Crippen LogP contribution in [-0.4, -0.2) is 19.1 Å². The molecule has 4 nitrogen and oxygen atoms in total. The van der Waals surface area contributed by atoms with Crippen LogP contribution in [0.25, 0.3) is 0 Å². The van der Waals surface area contributed by atoms with Gasteiger partial charge in [-0.05, 0) is 44.4 Å². The maximum absolute atomic E-state index is 11.7. The third-order valence-electron chi connectivity index (χ3n) is 3.69. The Bertz CT molecular complexity index is 350. The average Bonchev–Trinajstić information content (AvgIpc) is 2.51. The summed E-state index contributed by atoms with van der Waals surface area (Å²) in [5, 5.41) is 2.25. The number of carbonyl (C=O) groups excluding carboxylic acids is 1. The quantitative estimate of drug-likeness (QED) is 0.410. The number of cyclic esters (lactones) is 1. The molecule has 0 N–H and O–H groups in total. The molecule has 0 fully saturated rings. The number of hydrogen-bond acceptors (Lipinski definition) is 4. The Morgan fingerprint density at radius 1 is 1.23 bits per heavy atom. The summed E-state index contributed by atoms with van der Waals surface area (Å²) in [6.07, 6.45) is 16.9. The molecule has 0 aromatic rings. The van der Waals surface area contributed by atoms with Crippen LogP contribution < -0.4 is 0 Å². The molecule has 0 radical (unpaired) electrons. The Hall–Kier alpha value is -1.45. The molecule has 1 aliphatic heterocycles. The summed E-state index contributed by atoms with van der Waals surface area (Å²) in [5.41, 5.74) is 0. The van der Waals surface area contributed by atoms with Gasteiger partial charge in [0.15, 0.2) is 0 Å². The van der Waals surface area contributed by atoms with E-state index < -0.39 is 0 Å². The van der Waals surface area contributed by atoms with E-state index in [0.29, 0.717) is 5.92 Å². The second-order valence-corrected chi connectivity index (χ2v) is 5.58. The Labute approximate surface area is 135 Å². The number of ether oxygens (including phenoxy) is 1. The first-order valence-corrected chi connectivity index (χ1v) is 8.41. The fourth-order valence-electron chi connectivity index (χ4n) is 2.52. The van der Waals surface area contributed by atoms with E-state index in [9.17, 15) is 4.79 Å². The first-order valence-electron chi connectivity index (χ1n) is 8.41. The van der Waals surface area contributed by atoms with Gasteiger partial charge in [-0.2, -0.15) is 4.91 Å². The molecule has 0 bridgehead atoms. The molecule has 0 saturated carbocycles. The Kier molecular flexibility index (Phi) is 13.5. The van der Waals surface area contributed by atoms with E-state index in [1.165, 1.54) is 19.9 Å². The molecule has 2 atom stereocenters. The van der Waals surface area contributed by atoms with Crippen LogP contribution in [-0.2, 0) is 9.53 Å². The normalized spacial score (nSPS) is 26.0. The molecule has 1 rings (SSSR count). The second-order valence-electron chi connectivity index (χ2n) is 5.58. The Morgan fingerprint density at radius 3 is 2.55 bits per heavy atom. The van der Waals surface area contributed by atoms with Crippen LogP contribution in [0, 0.1) is 10.8 Å². The lowest BCUT2D eigenvalue weighted by Crippen LogP contribution is -2.15. The monoisotopic (exact) mass is 309 g/mol. The van der Waals surface area contributed by atoms with Crippen LogP contribution in [0.1, 0.15) is 65.2 Å². The van der Waals surface area contributed by atoms with Crippen molar-refractivity contribution < 1.29 is 9.53 Å². The maximum Gasteiger partial charge on any atom is 0.330 e. The van der Waals surface area contributed by atoms with Crippen LogP contribution >= 0.6 is 0 Å². The first kappa shape index (κ1) is 20.6. The molecule has 0 spiro atoms. The highest BCUT2D eigenvalue weighted by Crippen LogP contribution is 2.18. The highest BCUT2D eigenvalue weighted by atomic mass is 16.5. The zero-order valence-electron chi connectivity index (χ0n) is 14.3. The first-order chi connectivity index (χ1) is 10.7. The summed E-state index contributed by atoms with van der Waals surface area (Å²) in [6.45, 7) is 4.29. The average molecular weight is 309 g/mol. The van der Waals surface area contributed by atoms with Crippen molar-refractivity contribution in [1.82, 2.24) is 0 Å². The fraction of sp³-hybridized carbons (Fsp3) is 0.722. The Balaban J connectivity index is 0.00000135. The van der Waals surface area contributed by atoms with E-state index in [0.717, 1.165) is 38.5 Å². The van der Waals surface area contributed by atoms with E-state index in [-0.39, 0.29) is 12.1 Å². The molecule has 0 amide bonds. The molecular weight excluding hydrogens is 278 g/mol. The standard InChI is InChI=1S/C17H28O2.CH3NO/c1-3-10-15-11-7-5-6-8-13-16(4-2)19-17(18)14-9-12-15;1-2-3/h5,7,9,14-16H,3-4,6,8,10-13H2,1-2H3;1H3/b7-5+,14-9+;. The third kappa shape index (κ3) is 11.2. The minimum Gasteiger partial charge on any atom is -0.459 e. The number of allylic oxidation sites excluding steroid dienone is 3. The molecule has 2 unspecified atom stereocenters. The molecular formula is C18H31NO3.